The van der Waals surface area contributed by atoms with Crippen molar-refractivity contribution in [2.75, 3.05) is 59.6 Å². The third-order valence-electron chi connectivity index (χ3n) is 1.92. The van der Waals surface area contributed by atoms with Crippen molar-refractivity contribution in [3.8, 4) is 0 Å². The van der Waals surface area contributed by atoms with E-state index < -0.39 is 58.1 Å². The lowest BCUT2D eigenvalue weighted by atomic mass is 10.4. The number of rotatable bonds is 13. The third-order valence-corrected chi connectivity index (χ3v) is 1.92. The van der Waals surface area contributed by atoms with Crippen LogP contribution in [0.1, 0.15) is 0 Å². The zero-order valence-corrected chi connectivity index (χ0v) is 12.5. The summed E-state index contributed by atoms with van der Waals surface area (Å²) in [6, 6.07) is 0. The molecule has 0 saturated heterocycles. The molecule has 0 saturated carbocycles. The van der Waals surface area contributed by atoms with Crippen LogP contribution < -0.4 is 0 Å². The van der Waals surface area contributed by atoms with E-state index in [2.05, 4.69) is 14.2 Å². The van der Waals surface area contributed by atoms with Crippen molar-refractivity contribution >= 4 is 0 Å². The summed E-state index contributed by atoms with van der Waals surface area (Å²) >= 11 is 0. The molecule has 0 bridgehead atoms. The molecule has 2 atom stereocenters. The summed E-state index contributed by atoms with van der Waals surface area (Å²) < 4.78 is 60.5. The van der Waals surface area contributed by atoms with Gasteiger partial charge in [-0.2, -0.15) is 8.78 Å². The highest BCUT2D eigenvalue weighted by Gasteiger charge is 2.30. The Morgan fingerprint density at radius 3 is 1.74 bits per heavy atom. The van der Waals surface area contributed by atoms with Gasteiger partial charge in [0.05, 0.1) is 39.6 Å². The Kier molecular flexibility index (Phi) is 17.5. The molecule has 0 aromatic carbocycles. The molecule has 0 aromatic heterocycles. The topological polar surface area (TPSA) is 109 Å². The van der Waals surface area contributed by atoms with Crippen LogP contribution in [0.25, 0.3) is 0 Å². The molecule has 0 aliphatic rings. The molecular formula is C12H24F4O7. The van der Waals surface area contributed by atoms with E-state index in [4.69, 9.17) is 20.4 Å². The van der Waals surface area contributed by atoms with E-state index in [9.17, 15) is 17.6 Å². The summed E-state index contributed by atoms with van der Waals surface area (Å²) in [6.45, 7) is -4.71. The van der Waals surface area contributed by atoms with Crippen LogP contribution in [0.4, 0.5) is 17.6 Å². The minimum Gasteiger partial charge on any atom is -0.394 e. The average molecular weight is 356 g/mol. The van der Waals surface area contributed by atoms with Gasteiger partial charge in [-0.25, -0.2) is 8.78 Å². The smallest absolute Gasteiger partial charge is 0.379 e. The van der Waals surface area contributed by atoms with Gasteiger partial charge in [0.2, 0.25) is 0 Å². The van der Waals surface area contributed by atoms with E-state index in [0.29, 0.717) is 0 Å². The van der Waals surface area contributed by atoms with Gasteiger partial charge in [0, 0.05) is 0 Å². The van der Waals surface area contributed by atoms with E-state index in [1.807, 2.05) is 0 Å². The molecule has 0 spiro atoms. The summed E-state index contributed by atoms with van der Waals surface area (Å²) in [7, 11) is 0. The first-order chi connectivity index (χ1) is 10.8. The maximum Gasteiger partial charge on any atom is 0.379 e. The fourth-order valence-corrected chi connectivity index (χ4v) is 0.923. The number of ether oxygens (including phenoxy) is 3. The second kappa shape index (κ2) is 16.3. The summed E-state index contributed by atoms with van der Waals surface area (Å²) in [5.74, 6) is 0. The van der Waals surface area contributed by atoms with Gasteiger partial charge in [-0.3, -0.25) is 0 Å². The van der Waals surface area contributed by atoms with Crippen molar-refractivity contribution in [1.82, 2.24) is 0 Å². The molecule has 11 heteroatoms. The summed E-state index contributed by atoms with van der Waals surface area (Å²) in [6.07, 6.45) is -5.65. The fourth-order valence-electron chi connectivity index (χ4n) is 0.923. The van der Waals surface area contributed by atoms with E-state index in [-0.39, 0.29) is 19.8 Å². The van der Waals surface area contributed by atoms with Crippen molar-refractivity contribution in [1.29, 1.82) is 0 Å². The first kappa shape index (κ1) is 24.7. The maximum absolute atomic E-state index is 12.5. The third kappa shape index (κ3) is 19.4. The molecule has 0 aromatic rings. The molecule has 0 aliphatic heterocycles. The Morgan fingerprint density at radius 1 is 0.826 bits per heavy atom. The van der Waals surface area contributed by atoms with Crippen LogP contribution >= 0.6 is 0 Å². The Bertz CT molecular complexity index is 249. The number of alkyl halides is 4. The van der Waals surface area contributed by atoms with E-state index in [1.54, 1.807) is 0 Å². The molecule has 23 heavy (non-hydrogen) atoms. The molecular weight excluding hydrogens is 332 g/mol. The number of aliphatic hydroxyl groups excluding tert-OH is 4. The van der Waals surface area contributed by atoms with Crippen molar-refractivity contribution in [3.63, 3.8) is 0 Å². The van der Waals surface area contributed by atoms with Gasteiger partial charge in [-0.1, -0.05) is 0 Å². The van der Waals surface area contributed by atoms with Gasteiger partial charge in [0.15, 0.2) is 0 Å². The fraction of sp³-hybridized carbons (Fsp3) is 1.00. The predicted octanol–water partition coefficient (Wildman–Crippen LogP) is -0.739. The Morgan fingerprint density at radius 2 is 1.30 bits per heavy atom. The second-order valence-corrected chi connectivity index (χ2v) is 4.13. The van der Waals surface area contributed by atoms with Crippen molar-refractivity contribution in [2.24, 2.45) is 0 Å². The minimum atomic E-state index is -3.57. The standard InChI is InChI=1S/C7H13F3O4.C5H11FO3/c8-1-2-14-7(9,10)5-13-4-6(12)3-11;6-1-2-9-4-5(8)3-7/h6,11-12H,1-5H2;5,7-8H,1-4H2. The van der Waals surface area contributed by atoms with Gasteiger partial charge in [0.1, 0.15) is 32.2 Å². The van der Waals surface area contributed by atoms with Crippen LogP contribution in [0.15, 0.2) is 0 Å². The second-order valence-electron chi connectivity index (χ2n) is 4.13. The highest BCUT2D eigenvalue weighted by molar-refractivity contribution is 4.54. The Balaban J connectivity index is 0. The van der Waals surface area contributed by atoms with Gasteiger partial charge in [0.25, 0.3) is 0 Å². The molecule has 4 N–H and O–H groups in total. The summed E-state index contributed by atoms with van der Waals surface area (Å²) in [4.78, 5) is 0. The maximum atomic E-state index is 12.5. The summed E-state index contributed by atoms with van der Waals surface area (Å²) in [5.41, 5.74) is 0. The van der Waals surface area contributed by atoms with Crippen molar-refractivity contribution in [2.45, 2.75) is 18.3 Å². The largest absolute Gasteiger partial charge is 0.394 e. The highest BCUT2D eigenvalue weighted by Crippen LogP contribution is 2.15. The zero-order valence-electron chi connectivity index (χ0n) is 12.5. The normalized spacial score (nSPS) is 14.1. The Labute approximate surface area is 131 Å². The van der Waals surface area contributed by atoms with Crippen molar-refractivity contribution < 1.29 is 52.2 Å². The lowest BCUT2D eigenvalue weighted by Crippen LogP contribution is -2.31. The molecule has 2 unspecified atom stereocenters. The zero-order chi connectivity index (χ0) is 18.1. The van der Waals surface area contributed by atoms with Gasteiger partial charge in [-0.15, -0.1) is 0 Å². The van der Waals surface area contributed by atoms with E-state index in [1.165, 1.54) is 0 Å². The highest BCUT2D eigenvalue weighted by atomic mass is 19.3. The minimum absolute atomic E-state index is 0.000417. The molecule has 0 aliphatic carbocycles. The molecule has 142 valence electrons. The summed E-state index contributed by atoms with van der Waals surface area (Å²) in [5, 5.41) is 33.8. The first-order valence-corrected chi connectivity index (χ1v) is 6.70. The SMILES string of the molecule is OCC(O)COCC(F)(F)OCCF.OCC(O)COCCF. The lowest BCUT2D eigenvalue weighted by molar-refractivity contribution is -0.267. The van der Waals surface area contributed by atoms with E-state index >= 15 is 0 Å². The van der Waals surface area contributed by atoms with Gasteiger partial charge in [-0.05, 0) is 0 Å². The van der Waals surface area contributed by atoms with Crippen molar-refractivity contribution in [3.05, 3.63) is 0 Å². The predicted molar refractivity (Wildman–Crippen MR) is 70.7 cm³/mol. The molecule has 0 fully saturated rings. The first-order valence-electron chi connectivity index (χ1n) is 6.70. The Hall–Kier alpha value is -0.560. The van der Waals surface area contributed by atoms with Crippen LogP contribution in [-0.2, 0) is 14.2 Å². The van der Waals surface area contributed by atoms with Crippen LogP contribution in [0.2, 0.25) is 0 Å². The number of aliphatic hydroxyl groups is 4. The molecule has 0 amide bonds. The van der Waals surface area contributed by atoms with E-state index in [0.717, 1.165) is 0 Å². The van der Waals surface area contributed by atoms with Crippen LogP contribution in [0.5, 0.6) is 0 Å². The van der Waals surface area contributed by atoms with Gasteiger partial charge >= 0.3 is 6.11 Å². The van der Waals surface area contributed by atoms with Crippen LogP contribution in [0.3, 0.4) is 0 Å². The van der Waals surface area contributed by atoms with Gasteiger partial charge < -0.3 is 34.6 Å². The molecule has 7 nitrogen and oxygen atoms in total. The lowest BCUT2D eigenvalue weighted by Gasteiger charge is -2.16. The number of halogens is 4. The van der Waals surface area contributed by atoms with Crippen LogP contribution in [-0.4, -0.2) is 98.3 Å². The number of hydrogen-bond acceptors (Lipinski definition) is 7. The molecule has 0 heterocycles. The molecule has 0 rings (SSSR count). The van der Waals surface area contributed by atoms with Crippen LogP contribution in [0, 0.1) is 0 Å². The monoisotopic (exact) mass is 356 g/mol. The molecule has 0 radical (unpaired) electrons. The average Bonchev–Trinajstić information content (AvgIpc) is 2.53. The number of hydrogen-bond donors (Lipinski definition) is 4. The quantitative estimate of drug-likeness (QED) is 0.254.